The number of nitrogens with zero attached hydrogens (tertiary/aromatic N) is 1. The Morgan fingerprint density at radius 3 is 3.06 bits per heavy atom. The van der Waals surface area contributed by atoms with Gasteiger partial charge in [-0.15, -0.1) is 0 Å². The quantitative estimate of drug-likeness (QED) is 0.693. The average Bonchev–Trinajstić information content (AvgIpc) is 2.98. The van der Waals surface area contributed by atoms with Gasteiger partial charge in [0.05, 0.1) is 12.5 Å². The molecule has 0 aromatic heterocycles. The number of hydrogen-bond donors (Lipinski definition) is 1. The van der Waals surface area contributed by atoms with Gasteiger partial charge in [0.1, 0.15) is 0 Å². The van der Waals surface area contributed by atoms with E-state index in [1.54, 1.807) is 0 Å². The number of nitrogens with one attached hydrogen (secondary N) is 1. The maximum absolute atomic E-state index is 12.4. The van der Waals surface area contributed by atoms with Crippen LogP contribution < -0.4 is 5.32 Å². The fourth-order valence-corrected chi connectivity index (χ4v) is 3.31. The summed E-state index contributed by atoms with van der Waals surface area (Å²) in [4.78, 5) is 14.5. The molecule has 3 heterocycles. The van der Waals surface area contributed by atoms with Crippen molar-refractivity contribution in [2.45, 2.75) is 25.3 Å². The van der Waals surface area contributed by atoms with E-state index in [9.17, 15) is 4.79 Å². The summed E-state index contributed by atoms with van der Waals surface area (Å²) in [6, 6.07) is 0.460. The van der Waals surface area contributed by atoms with Crippen molar-refractivity contribution in [3.8, 4) is 0 Å². The van der Waals surface area contributed by atoms with Gasteiger partial charge in [0, 0.05) is 32.3 Å². The maximum atomic E-state index is 12.4. The molecular weight excluding hydrogens is 204 g/mol. The van der Waals surface area contributed by atoms with Crippen LogP contribution in [0, 0.1) is 11.8 Å². The number of carbonyl (C=O) groups is 1. The van der Waals surface area contributed by atoms with Crippen LogP contribution in [0.3, 0.4) is 0 Å². The van der Waals surface area contributed by atoms with Crippen molar-refractivity contribution in [2.24, 2.45) is 11.8 Å². The van der Waals surface area contributed by atoms with Crippen molar-refractivity contribution >= 4 is 5.91 Å². The molecule has 0 aliphatic carbocycles. The number of piperidine rings is 1. The van der Waals surface area contributed by atoms with Crippen molar-refractivity contribution in [3.63, 3.8) is 0 Å². The van der Waals surface area contributed by atoms with E-state index in [4.69, 9.17) is 4.74 Å². The van der Waals surface area contributed by atoms with E-state index in [1.807, 2.05) is 0 Å². The van der Waals surface area contributed by atoms with Crippen LogP contribution in [-0.2, 0) is 9.53 Å². The highest BCUT2D eigenvalue weighted by Crippen LogP contribution is 2.28. The molecule has 0 saturated carbocycles. The van der Waals surface area contributed by atoms with Gasteiger partial charge in [0.2, 0.25) is 5.91 Å². The summed E-state index contributed by atoms with van der Waals surface area (Å²) in [6.45, 7) is 4.44. The molecule has 3 aliphatic heterocycles. The molecule has 3 fully saturated rings. The first-order chi connectivity index (χ1) is 7.86. The van der Waals surface area contributed by atoms with Gasteiger partial charge in [0.15, 0.2) is 0 Å². The Balaban J connectivity index is 1.70. The largest absolute Gasteiger partial charge is 0.381 e. The third-order valence-corrected chi connectivity index (χ3v) is 4.24. The van der Waals surface area contributed by atoms with Crippen LogP contribution in [0.4, 0.5) is 0 Å². The van der Waals surface area contributed by atoms with Crippen LogP contribution in [0.2, 0.25) is 0 Å². The van der Waals surface area contributed by atoms with E-state index in [0.29, 0.717) is 24.5 Å². The third-order valence-electron chi connectivity index (χ3n) is 4.24. The van der Waals surface area contributed by atoms with Gasteiger partial charge in [-0.1, -0.05) is 0 Å². The first-order valence-corrected chi connectivity index (χ1v) is 6.45. The van der Waals surface area contributed by atoms with Crippen molar-refractivity contribution in [2.75, 3.05) is 32.8 Å². The number of rotatable bonds is 1. The number of fused-ring (bicyclic) bond motifs is 1. The fraction of sp³-hybridized carbons (Fsp3) is 0.917. The van der Waals surface area contributed by atoms with Crippen molar-refractivity contribution < 1.29 is 9.53 Å². The van der Waals surface area contributed by atoms with E-state index in [1.165, 1.54) is 12.8 Å². The molecular formula is C12H20N2O2. The summed E-state index contributed by atoms with van der Waals surface area (Å²) in [7, 11) is 0. The minimum atomic E-state index is 0.138. The lowest BCUT2D eigenvalue weighted by molar-refractivity contribution is -0.139. The summed E-state index contributed by atoms with van der Waals surface area (Å²) in [5.41, 5.74) is 0. The Hall–Kier alpha value is -0.610. The minimum absolute atomic E-state index is 0.138. The lowest BCUT2D eigenvalue weighted by Crippen LogP contribution is -2.50. The molecule has 3 aliphatic rings. The molecule has 16 heavy (non-hydrogen) atoms. The Morgan fingerprint density at radius 1 is 1.31 bits per heavy atom. The van der Waals surface area contributed by atoms with Crippen LogP contribution >= 0.6 is 0 Å². The Morgan fingerprint density at radius 2 is 2.25 bits per heavy atom. The molecule has 1 amide bonds. The second-order valence-electron chi connectivity index (χ2n) is 5.22. The normalized spacial score (nSPS) is 38.8. The van der Waals surface area contributed by atoms with Crippen LogP contribution in [0.5, 0.6) is 0 Å². The maximum Gasteiger partial charge on any atom is 0.228 e. The predicted molar refractivity (Wildman–Crippen MR) is 60.0 cm³/mol. The van der Waals surface area contributed by atoms with Gasteiger partial charge < -0.3 is 15.0 Å². The highest BCUT2D eigenvalue weighted by Gasteiger charge is 2.39. The van der Waals surface area contributed by atoms with E-state index in [-0.39, 0.29) is 5.92 Å². The summed E-state index contributed by atoms with van der Waals surface area (Å²) in [5, 5.41) is 3.41. The third kappa shape index (κ3) is 1.74. The van der Waals surface area contributed by atoms with E-state index < -0.39 is 0 Å². The summed E-state index contributed by atoms with van der Waals surface area (Å²) in [5.74, 6) is 1.18. The van der Waals surface area contributed by atoms with Crippen LogP contribution in [0.25, 0.3) is 0 Å². The zero-order valence-corrected chi connectivity index (χ0v) is 9.65. The zero-order valence-electron chi connectivity index (χ0n) is 9.65. The van der Waals surface area contributed by atoms with Gasteiger partial charge >= 0.3 is 0 Å². The molecule has 4 nitrogen and oxygen atoms in total. The summed E-state index contributed by atoms with van der Waals surface area (Å²) < 4.78 is 5.32. The molecule has 3 saturated heterocycles. The molecule has 1 N–H and O–H groups in total. The summed E-state index contributed by atoms with van der Waals surface area (Å²) >= 11 is 0. The van der Waals surface area contributed by atoms with E-state index in [0.717, 1.165) is 32.7 Å². The molecule has 3 rings (SSSR count). The molecule has 4 heteroatoms. The highest BCUT2D eigenvalue weighted by molar-refractivity contribution is 5.79. The van der Waals surface area contributed by atoms with Crippen molar-refractivity contribution in [3.05, 3.63) is 0 Å². The van der Waals surface area contributed by atoms with Crippen LogP contribution in [0.1, 0.15) is 19.3 Å². The second-order valence-corrected chi connectivity index (χ2v) is 5.22. The molecule has 0 aromatic rings. The number of carbonyl (C=O) groups excluding carboxylic acids is 1. The molecule has 3 atom stereocenters. The van der Waals surface area contributed by atoms with Gasteiger partial charge in [-0.3, -0.25) is 4.79 Å². The van der Waals surface area contributed by atoms with E-state index >= 15 is 0 Å². The standard InChI is InChI=1S/C12H20N2O2/c15-12(10-3-5-16-8-10)14-4-1-2-9-6-13-7-11(9)14/h9-11,13H,1-8H2. The monoisotopic (exact) mass is 224 g/mol. The predicted octanol–water partition coefficient (Wildman–Crippen LogP) is 0.233. The Kier molecular flexibility index (Phi) is 2.86. The fourth-order valence-electron chi connectivity index (χ4n) is 3.31. The van der Waals surface area contributed by atoms with Crippen LogP contribution in [-0.4, -0.2) is 49.7 Å². The SMILES string of the molecule is O=C(C1CCOC1)N1CCCC2CNCC21. The van der Waals surface area contributed by atoms with Gasteiger partial charge in [-0.2, -0.15) is 0 Å². The highest BCUT2D eigenvalue weighted by atomic mass is 16.5. The smallest absolute Gasteiger partial charge is 0.228 e. The Bertz CT molecular complexity index is 276. The molecule has 90 valence electrons. The number of hydrogen-bond acceptors (Lipinski definition) is 3. The minimum Gasteiger partial charge on any atom is -0.381 e. The van der Waals surface area contributed by atoms with E-state index in [2.05, 4.69) is 10.2 Å². The van der Waals surface area contributed by atoms with Gasteiger partial charge in [0.25, 0.3) is 0 Å². The number of ether oxygens (including phenoxy) is 1. The van der Waals surface area contributed by atoms with Gasteiger partial charge in [-0.05, 0) is 25.2 Å². The zero-order chi connectivity index (χ0) is 11.0. The second kappa shape index (κ2) is 4.34. The Labute approximate surface area is 96.3 Å². The lowest BCUT2D eigenvalue weighted by atomic mass is 9.90. The first kappa shape index (κ1) is 10.5. The lowest BCUT2D eigenvalue weighted by Gasteiger charge is -2.38. The van der Waals surface area contributed by atoms with Gasteiger partial charge in [-0.25, -0.2) is 0 Å². The first-order valence-electron chi connectivity index (χ1n) is 6.45. The molecule has 0 radical (unpaired) electrons. The molecule has 0 bridgehead atoms. The molecule has 0 aromatic carbocycles. The van der Waals surface area contributed by atoms with Crippen molar-refractivity contribution in [1.82, 2.24) is 10.2 Å². The summed E-state index contributed by atoms with van der Waals surface area (Å²) in [6.07, 6.45) is 3.37. The topological polar surface area (TPSA) is 41.6 Å². The molecule has 0 spiro atoms. The van der Waals surface area contributed by atoms with Crippen molar-refractivity contribution in [1.29, 1.82) is 0 Å². The van der Waals surface area contributed by atoms with Crippen LogP contribution in [0.15, 0.2) is 0 Å². The number of likely N-dealkylation sites (tertiary alicyclic amines) is 1. The average molecular weight is 224 g/mol. The number of amides is 1. The molecule has 3 unspecified atom stereocenters.